The first-order chi connectivity index (χ1) is 7.58. The number of aromatic nitrogens is 2. The van der Waals surface area contributed by atoms with E-state index in [0.29, 0.717) is 5.75 Å². The van der Waals surface area contributed by atoms with Crippen LogP contribution in [-0.2, 0) is 4.79 Å². The van der Waals surface area contributed by atoms with Crippen molar-refractivity contribution in [2.75, 3.05) is 12.3 Å². The second-order valence-corrected chi connectivity index (χ2v) is 5.67. The first kappa shape index (κ1) is 13.4. The molecule has 0 saturated carbocycles. The van der Waals surface area contributed by atoms with Gasteiger partial charge in [-0.25, -0.2) is 0 Å². The minimum absolute atomic E-state index is 0.335. The molecular formula is C9H16N4OS2. The highest BCUT2D eigenvalue weighted by atomic mass is 32.2. The molecule has 0 aliphatic rings. The Morgan fingerprint density at radius 2 is 2.50 bits per heavy atom. The predicted molar refractivity (Wildman–Crippen MR) is 66.5 cm³/mol. The maximum Gasteiger partial charge on any atom is 0.238 e. The summed E-state index contributed by atoms with van der Waals surface area (Å²) >= 11 is 2.95. The zero-order chi connectivity index (χ0) is 12.0. The van der Waals surface area contributed by atoms with Gasteiger partial charge in [0.15, 0.2) is 4.34 Å². The Morgan fingerprint density at radius 3 is 3.00 bits per heavy atom. The molecule has 1 amide bonds. The molecule has 0 radical (unpaired) electrons. The molecule has 0 aliphatic heterocycles. The van der Waals surface area contributed by atoms with Gasteiger partial charge in [-0.1, -0.05) is 30.0 Å². The van der Waals surface area contributed by atoms with Gasteiger partial charge in [-0.2, -0.15) is 0 Å². The summed E-state index contributed by atoms with van der Waals surface area (Å²) in [7, 11) is 0. The summed E-state index contributed by atoms with van der Waals surface area (Å²) in [5, 5.41) is 10.8. The van der Waals surface area contributed by atoms with Gasteiger partial charge in [-0.3, -0.25) is 4.79 Å². The largest absolute Gasteiger partial charge is 0.368 e. The van der Waals surface area contributed by atoms with Gasteiger partial charge < -0.3 is 11.1 Å². The maximum atomic E-state index is 11.4. The Kier molecular flexibility index (Phi) is 5.17. The van der Waals surface area contributed by atoms with Crippen LogP contribution in [0.5, 0.6) is 0 Å². The van der Waals surface area contributed by atoms with Gasteiger partial charge in [0.25, 0.3) is 0 Å². The number of carbonyl (C=O) groups is 1. The average Bonchev–Trinajstić information content (AvgIpc) is 2.76. The Hall–Kier alpha value is -0.660. The average molecular weight is 260 g/mol. The second-order valence-electron chi connectivity index (χ2n) is 3.62. The fourth-order valence-electron chi connectivity index (χ4n) is 1.04. The Morgan fingerprint density at radius 1 is 1.75 bits per heavy atom. The van der Waals surface area contributed by atoms with Gasteiger partial charge >= 0.3 is 0 Å². The predicted octanol–water partition coefficient (Wildman–Crippen LogP) is 0.874. The molecule has 0 aromatic carbocycles. The molecule has 90 valence electrons. The van der Waals surface area contributed by atoms with Crippen molar-refractivity contribution in [3.8, 4) is 0 Å². The number of hydrogen-bond donors (Lipinski definition) is 2. The number of nitrogens with two attached hydrogens (primary N) is 1. The maximum absolute atomic E-state index is 11.4. The molecule has 16 heavy (non-hydrogen) atoms. The van der Waals surface area contributed by atoms with Crippen LogP contribution in [0.25, 0.3) is 0 Å². The van der Waals surface area contributed by atoms with Crippen LogP contribution in [0.2, 0.25) is 0 Å². The molecule has 1 unspecified atom stereocenters. The van der Waals surface area contributed by atoms with E-state index in [1.54, 1.807) is 5.51 Å². The summed E-state index contributed by atoms with van der Waals surface area (Å²) in [6.07, 6.45) is 0.965. The zero-order valence-corrected chi connectivity index (χ0v) is 11.0. The summed E-state index contributed by atoms with van der Waals surface area (Å²) in [5.41, 5.74) is 6.39. The minimum Gasteiger partial charge on any atom is -0.368 e. The molecule has 1 rings (SSSR count). The highest BCUT2D eigenvalue weighted by Crippen LogP contribution is 2.23. The first-order valence-electron chi connectivity index (χ1n) is 5.02. The quantitative estimate of drug-likeness (QED) is 0.711. The lowest BCUT2D eigenvalue weighted by Crippen LogP contribution is -2.55. The van der Waals surface area contributed by atoms with Gasteiger partial charge in [0, 0.05) is 5.75 Å². The van der Waals surface area contributed by atoms with Crippen molar-refractivity contribution in [3.05, 3.63) is 5.51 Å². The van der Waals surface area contributed by atoms with Crippen molar-refractivity contribution in [2.24, 2.45) is 5.73 Å². The molecule has 3 N–H and O–H groups in total. The third kappa shape index (κ3) is 3.73. The summed E-state index contributed by atoms with van der Waals surface area (Å²) in [5.74, 6) is 0.232. The summed E-state index contributed by atoms with van der Waals surface area (Å²) in [6.45, 7) is 4.64. The third-order valence-electron chi connectivity index (χ3n) is 2.13. The van der Waals surface area contributed by atoms with Crippen molar-refractivity contribution in [2.45, 2.75) is 30.1 Å². The molecule has 1 aromatic rings. The van der Waals surface area contributed by atoms with E-state index in [4.69, 9.17) is 5.73 Å². The normalized spacial score (nSPS) is 14.6. The number of nitrogens with zero attached hydrogens (tertiary/aromatic N) is 2. The second kappa shape index (κ2) is 6.17. The van der Waals surface area contributed by atoms with Crippen LogP contribution in [0.4, 0.5) is 0 Å². The van der Waals surface area contributed by atoms with E-state index in [0.717, 1.165) is 17.3 Å². The van der Waals surface area contributed by atoms with E-state index in [-0.39, 0.29) is 5.91 Å². The van der Waals surface area contributed by atoms with E-state index >= 15 is 0 Å². The standard InChI is InChI=1S/C9H16N4OS2/c1-3-4-11-9(2,7(10)14)5-15-8-13-12-6-16-8/h6,11H,3-5H2,1-2H3,(H2,10,14). The Bertz CT molecular complexity index is 330. The molecule has 0 spiro atoms. The van der Waals surface area contributed by atoms with E-state index in [1.807, 2.05) is 13.8 Å². The third-order valence-corrected chi connectivity index (χ3v) is 4.31. The molecule has 1 aromatic heterocycles. The number of nitrogens with one attached hydrogen (secondary N) is 1. The van der Waals surface area contributed by atoms with Crippen LogP contribution in [0.1, 0.15) is 20.3 Å². The molecule has 1 heterocycles. The summed E-state index contributed by atoms with van der Waals surface area (Å²) in [4.78, 5) is 11.4. The summed E-state index contributed by atoms with van der Waals surface area (Å²) in [6, 6.07) is 0. The van der Waals surface area contributed by atoms with Gasteiger partial charge in [0.1, 0.15) is 11.0 Å². The van der Waals surface area contributed by atoms with Crippen LogP contribution in [0.15, 0.2) is 9.85 Å². The van der Waals surface area contributed by atoms with Crippen molar-refractivity contribution in [1.29, 1.82) is 0 Å². The lowest BCUT2D eigenvalue weighted by atomic mass is 10.1. The fraction of sp³-hybridized carbons (Fsp3) is 0.667. The first-order valence-corrected chi connectivity index (χ1v) is 6.89. The number of hydrogen-bond acceptors (Lipinski definition) is 6. The lowest BCUT2D eigenvalue weighted by Gasteiger charge is -2.26. The van der Waals surface area contributed by atoms with Crippen LogP contribution in [0.3, 0.4) is 0 Å². The van der Waals surface area contributed by atoms with Crippen LogP contribution >= 0.6 is 23.1 Å². The molecule has 0 bridgehead atoms. The summed E-state index contributed by atoms with van der Waals surface area (Å²) < 4.78 is 0.853. The van der Waals surface area contributed by atoms with Crippen LogP contribution in [-0.4, -0.2) is 33.9 Å². The SMILES string of the molecule is CCCNC(C)(CSc1nncs1)C(N)=O. The molecule has 1 atom stereocenters. The number of thioether (sulfide) groups is 1. The number of rotatable bonds is 7. The Balaban J connectivity index is 2.53. The number of amides is 1. The van der Waals surface area contributed by atoms with E-state index in [2.05, 4.69) is 15.5 Å². The zero-order valence-electron chi connectivity index (χ0n) is 9.40. The van der Waals surface area contributed by atoms with E-state index in [9.17, 15) is 4.79 Å². The van der Waals surface area contributed by atoms with Gasteiger partial charge in [-0.15, -0.1) is 10.2 Å². The minimum atomic E-state index is -0.688. The van der Waals surface area contributed by atoms with Crippen LogP contribution < -0.4 is 11.1 Å². The lowest BCUT2D eigenvalue weighted by molar-refractivity contribution is -0.122. The van der Waals surface area contributed by atoms with Crippen molar-refractivity contribution in [3.63, 3.8) is 0 Å². The fourth-order valence-corrected chi connectivity index (χ4v) is 2.66. The topological polar surface area (TPSA) is 80.9 Å². The number of carbonyl (C=O) groups excluding carboxylic acids is 1. The van der Waals surface area contributed by atoms with Gasteiger partial charge in [0.05, 0.1) is 0 Å². The number of primary amides is 1. The molecule has 5 nitrogen and oxygen atoms in total. The molecular weight excluding hydrogens is 244 g/mol. The Labute approximate surface area is 103 Å². The highest BCUT2D eigenvalue weighted by molar-refractivity contribution is 8.01. The highest BCUT2D eigenvalue weighted by Gasteiger charge is 2.30. The van der Waals surface area contributed by atoms with Gasteiger partial charge in [-0.05, 0) is 19.9 Å². The van der Waals surface area contributed by atoms with Crippen molar-refractivity contribution < 1.29 is 4.79 Å². The molecule has 7 heteroatoms. The van der Waals surface area contributed by atoms with Crippen molar-refractivity contribution in [1.82, 2.24) is 15.5 Å². The smallest absolute Gasteiger partial charge is 0.238 e. The molecule has 0 fully saturated rings. The molecule has 0 saturated heterocycles. The van der Waals surface area contributed by atoms with Crippen LogP contribution in [0, 0.1) is 0 Å². The van der Waals surface area contributed by atoms with E-state index < -0.39 is 5.54 Å². The van der Waals surface area contributed by atoms with Gasteiger partial charge in [0.2, 0.25) is 5.91 Å². The monoisotopic (exact) mass is 260 g/mol. The molecule has 0 aliphatic carbocycles. The van der Waals surface area contributed by atoms with Crippen molar-refractivity contribution >= 4 is 29.0 Å². The van der Waals surface area contributed by atoms with E-state index in [1.165, 1.54) is 23.1 Å².